The lowest BCUT2D eigenvalue weighted by Crippen LogP contribution is -2.06. The fourth-order valence-corrected chi connectivity index (χ4v) is 3.27. The van der Waals surface area contributed by atoms with Crippen molar-refractivity contribution in [3.05, 3.63) is 79.0 Å². The molecule has 0 bridgehead atoms. The van der Waals surface area contributed by atoms with Crippen LogP contribution in [-0.2, 0) is 0 Å². The fraction of sp³-hybridized carbons (Fsp3) is 0.0952. The first-order chi connectivity index (χ1) is 13.8. The largest absolute Gasteiger partial charge is 0.307 e. The van der Waals surface area contributed by atoms with E-state index in [1.54, 1.807) is 12.5 Å². The number of imidazole rings is 1. The molecule has 5 rings (SSSR count). The minimum Gasteiger partial charge on any atom is -0.307 e. The lowest BCUT2D eigenvalue weighted by atomic mass is 10.1. The van der Waals surface area contributed by atoms with Gasteiger partial charge in [-0.1, -0.05) is 54.6 Å². The van der Waals surface area contributed by atoms with Crippen LogP contribution in [0.5, 0.6) is 0 Å². The van der Waals surface area contributed by atoms with Gasteiger partial charge in [0.05, 0.1) is 24.3 Å². The van der Waals surface area contributed by atoms with Crippen LogP contribution in [0.25, 0.3) is 33.9 Å². The summed E-state index contributed by atoms with van der Waals surface area (Å²) in [6, 6.07) is 18.4. The third-order valence-corrected chi connectivity index (χ3v) is 4.85. The van der Waals surface area contributed by atoms with Crippen molar-refractivity contribution in [1.29, 1.82) is 0 Å². The SMILES string of the molecule is C[C@@H](c1ccccc1)n1cnc2ncc(-c3ccc(-c4ncn[nH]4)cc3)nc21. The van der Waals surface area contributed by atoms with Crippen LogP contribution >= 0.6 is 0 Å². The van der Waals surface area contributed by atoms with Crippen molar-refractivity contribution in [3.8, 4) is 22.6 Å². The Morgan fingerprint density at radius 2 is 1.68 bits per heavy atom. The molecule has 1 atom stereocenters. The third-order valence-electron chi connectivity index (χ3n) is 4.85. The van der Waals surface area contributed by atoms with Crippen molar-refractivity contribution in [2.45, 2.75) is 13.0 Å². The van der Waals surface area contributed by atoms with Gasteiger partial charge in [0.15, 0.2) is 17.1 Å². The Bertz CT molecular complexity index is 1210. The van der Waals surface area contributed by atoms with Crippen molar-refractivity contribution in [3.63, 3.8) is 0 Å². The standard InChI is InChI=1S/C21H17N7/c1-14(15-5-3-2-4-6-15)28-13-24-20-21(28)26-18(11-22-20)16-7-9-17(10-8-16)19-23-12-25-27-19/h2-14H,1H3,(H,23,25,27)/t14-/m0/s1. The molecule has 7 heteroatoms. The molecule has 5 aromatic rings. The van der Waals surface area contributed by atoms with Gasteiger partial charge in [0, 0.05) is 11.1 Å². The maximum Gasteiger partial charge on any atom is 0.197 e. The molecule has 0 unspecified atom stereocenters. The second-order valence-corrected chi connectivity index (χ2v) is 6.55. The number of nitrogens with one attached hydrogen (secondary N) is 1. The van der Waals surface area contributed by atoms with E-state index in [0.29, 0.717) is 5.65 Å². The average Bonchev–Trinajstić information content (AvgIpc) is 3.44. The lowest BCUT2D eigenvalue weighted by molar-refractivity contribution is 0.652. The van der Waals surface area contributed by atoms with Gasteiger partial charge in [0.1, 0.15) is 6.33 Å². The zero-order chi connectivity index (χ0) is 18.9. The number of hydrogen-bond donors (Lipinski definition) is 1. The second kappa shape index (κ2) is 6.70. The van der Waals surface area contributed by atoms with E-state index in [2.05, 4.69) is 48.8 Å². The molecule has 0 saturated carbocycles. The molecular weight excluding hydrogens is 350 g/mol. The van der Waals surface area contributed by atoms with E-state index in [1.165, 1.54) is 11.9 Å². The van der Waals surface area contributed by atoms with Gasteiger partial charge in [-0.2, -0.15) is 5.10 Å². The van der Waals surface area contributed by atoms with E-state index >= 15 is 0 Å². The lowest BCUT2D eigenvalue weighted by Gasteiger charge is -2.14. The van der Waals surface area contributed by atoms with Crippen LogP contribution in [0.4, 0.5) is 0 Å². The Morgan fingerprint density at radius 3 is 2.43 bits per heavy atom. The van der Waals surface area contributed by atoms with Gasteiger partial charge in [-0.15, -0.1) is 0 Å². The van der Waals surface area contributed by atoms with Crippen LogP contribution < -0.4 is 0 Å². The molecule has 0 aliphatic rings. The quantitative estimate of drug-likeness (QED) is 0.521. The molecule has 136 valence electrons. The maximum absolute atomic E-state index is 4.85. The molecule has 3 aromatic heterocycles. The van der Waals surface area contributed by atoms with Crippen molar-refractivity contribution in [2.24, 2.45) is 0 Å². The summed E-state index contributed by atoms with van der Waals surface area (Å²) in [4.78, 5) is 17.9. The summed E-state index contributed by atoms with van der Waals surface area (Å²) in [6.45, 7) is 2.14. The average molecular weight is 367 g/mol. The van der Waals surface area contributed by atoms with Gasteiger partial charge in [-0.25, -0.2) is 19.9 Å². The van der Waals surface area contributed by atoms with E-state index in [-0.39, 0.29) is 6.04 Å². The first-order valence-electron chi connectivity index (χ1n) is 9.00. The summed E-state index contributed by atoms with van der Waals surface area (Å²) < 4.78 is 2.06. The molecule has 0 spiro atoms. The number of hydrogen-bond acceptors (Lipinski definition) is 5. The van der Waals surface area contributed by atoms with Gasteiger partial charge >= 0.3 is 0 Å². The number of fused-ring (bicyclic) bond motifs is 1. The highest BCUT2D eigenvalue weighted by Gasteiger charge is 2.14. The van der Waals surface area contributed by atoms with Crippen molar-refractivity contribution < 1.29 is 0 Å². The Hall–Kier alpha value is -3.87. The summed E-state index contributed by atoms with van der Waals surface area (Å²) in [5.74, 6) is 0.739. The minimum absolute atomic E-state index is 0.115. The highest BCUT2D eigenvalue weighted by molar-refractivity contribution is 5.72. The van der Waals surface area contributed by atoms with Gasteiger partial charge in [0.25, 0.3) is 0 Å². The van der Waals surface area contributed by atoms with Crippen LogP contribution in [-0.4, -0.2) is 34.7 Å². The molecule has 1 N–H and O–H groups in total. The van der Waals surface area contributed by atoms with Gasteiger partial charge in [0.2, 0.25) is 0 Å². The highest BCUT2D eigenvalue weighted by atomic mass is 15.2. The first-order valence-corrected chi connectivity index (χ1v) is 9.00. The molecule has 0 aliphatic heterocycles. The summed E-state index contributed by atoms with van der Waals surface area (Å²) in [6.07, 6.45) is 5.06. The monoisotopic (exact) mass is 367 g/mol. The Morgan fingerprint density at radius 1 is 0.893 bits per heavy atom. The number of benzene rings is 2. The molecule has 0 radical (unpaired) electrons. The molecule has 28 heavy (non-hydrogen) atoms. The van der Waals surface area contributed by atoms with Crippen LogP contribution in [0.3, 0.4) is 0 Å². The molecule has 0 fully saturated rings. The van der Waals surface area contributed by atoms with Crippen LogP contribution in [0.15, 0.2) is 73.4 Å². The van der Waals surface area contributed by atoms with E-state index in [0.717, 1.165) is 28.3 Å². The fourth-order valence-electron chi connectivity index (χ4n) is 3.27. The number of nitrogens with zero attached hydrogens (tertiary/aromatic N) is 6. The molecular formula is C21H17N7. The number of aromatic nitrogens is 7. The Labute approximate surface area is 161 Å². The summed E-state index contributed by atoms with van der Waals surface area (Å²) in [7, 11) is 0. The normalized spacial score (nSPS) is 12.3. The Balaban J connectivity index is 1.53. The minimum atomic E-state index is 0.115. The molecule has 3 heterocycles. The second-order valence-electron chi connectivity index (χ2n) is 6.55. The van der Waals surface area contributed by atoms with Gasteiger partial charge in [-0.3, -0.25) is 5.10 Å². The molecule has 0 amide bonds. The summed E-state index contributed by atoms with van der Waals surface area (Å²) in [5.41, 5.74) is 5.37. The van der Waals surface area contributed by atoms with E-state index in [9.17, 15) is 0 Å². The van der Waals surface area contributed by atoms with Crippen molar-refractivity contribution in [2.75, 3.05) is 0 Å². The molecule has 0 aliphatic carbocycles. The number of aromatic amines is 1. The number of H-pyrrole nitrogens is 1. The van der Waals surface area contributed by atoms with Crippen molar-refractivity contribution >= 4 is 11.3 Å². The van der Waals surface area contributed by atoms with Gasteiger partial charge < -0.3 is 4.57 Å². The molecule has 7 nitrogen and oxygen atoms in total. The summed E-state index contributed by atoms with van der Waals surface area (Å²) in [5, 5.41) is 6.76. The topological polar surface area (TPSA) is 85.2 Å². The predicted molar refractivity (Wildman–Crippen MR) is 106 cm³/mol. The van der Waals surface area contributed by atoms with Crippen molar-refractivity contribution in [1.82, 2.24) is 34.7 Å². The summed E-state index contributed by atoms with van der Waals surface area (Å²) >= 11 is 0. The van der Waals surface area contributed by atoms with E-state index < -0.39 is 0 Å². The van der Waals surface area contributed by atoms with Gasteiger partial charge in [-0.05, 0) is 12.5 Å². The van der Waals surface area contributed by atoms with E-state index in [4.69, 9.17) is 4.98 Å². The zero-order valence-corrected chi connectivity index (χ0v) is 15.2. The Kier molecular flexibility index (Phi) is 3.90. The van der Waals surface area contributed by atoms with Crippen LogP contribution in [0, 0.1) is 0 Å². The maximum atomic E-state index is 4.85. The first kappa shape index (κ1) is 16.3. The van der Waals surface area contributed by atoms with Crippen LogP contribution in [0.2, 0.25) is 0 Å². The molecule has 0 saturated heterocycles. The zero-order valence-electron chi connectivity index (χ0n) is 15.2. The highest BCUT2D eigenvalue weighted by Crippen LogP contribution is 2.25. The van der Waals surface area contributed by atoms with E-state index in [1.807, 2.05) is 42.5 Å². The third kappa shape index (κ3) is 2.83. The predicted octanol–water partition coefficient (Wildman–Crippen LogP) is 3.89. The smallest absolute Gasteiger partial charge is 0.197 e. The molecule has 2 aromatic carbocycles. The number of rotatable bonds is 4. The van der Waals surface area contributed by atoms with Crippen LogP contribution in [0.1, 0.15) is 18.5 Å².